The van der Waals surface area contributed by atoms with Gasteiger partial charge in [-0.1, -0.05) is 19.9 Å². The van der Waals surface area contributed by atoms with Crippen molar-refractivity contribution >= 4 is 0 Å². The van der Waals surface area contributed by atoms with Gasteiger partial charge in [0.05, 0.1) is 24.9 Å². The summed E-state index contributed by atoms with van der Waals surface area (Å²) in [6.45, 7) is 6.85. The van der Waals surface area contributed by atoms with Gasteiger partial charge in [-0.3, -0.25) is 4.98 Å². The number of rotatable bonds is 4. The highest BCUT2D eigenvalue weighted by atomic mass is 16.5. The standard InChI is InChI=1S/C12H18N2O/c1-9(2)12-5-3-4-10(14-12)6-13-11-7-15-8-11/h3-5,9,11,13H,6-8H2,1-2H3. The molecule has 1 saturated heterocycles. The minimum atomic E-state index is 0.497. The molecule has 0 bridgehead atoms. The van der Waals surface area contributed by atoms with Crippen LogP contribution in [0.4, 0.5) is 0 Å². The van der Waals surface area contributed by atoms with Gasteiger partial charge in [-0.2, -0.15) is 0 Å². The van der Waals surface area contributed by atoms with Crippen LogP contribution in [0.3, 0.4) is 0 Å². The second-order valence-electron chi connectivity index (χ2n) is 4.32. The van der Waals surface area contributed by atoms with Crippen molar-refractivity contribution in [2.45, 2.75) is 32.4 Å². The first kappa shape index (κ1) is 10.6. The highest BCUT2D eigenvalue weighted by Gasteiger charge is 2.17. The van der Waals surface area contributed by atoms with E-state index in [1.165, 1.54) is 5.69 Å². The molecule has 1 aromatic rings. The fourth-order valence-corrected chi connectivity index (χ4v) is 1.52. The number of hydrogen-bond acceptors (Lipinski definition) is 3. The highest BCUT2D eigenvalue weighted by Crippen LogP contribution is 2.11. The van der Waals surface area contributed by atoms with Gasteiger partial charge < -0.3 is 10.1 Å². The molecular formula is C12H18N2O. The lowest BCUT2D eigenvalue weighted by Gasteiger charge is -2.26. The molecule has 0 aliphatic carbocycles. The summed E-state index contributed by atoms with van der Waals surface area (Å²) in [5.74, 6) is 0.497. The third kappa shape index (κ3) is 2.76. The maximum atomic E-state index is 5.10. The van der Waals surface area contributed by atoms with Gasteiger partial charge in [-0.25, -0.2) is 0 Å². The van der Waals surface area contributed by atoms with Gasteiger partial charge >= 0.3 is 0 Å². The van der Waals surface area contributed by atoms with Crippen molar-refractivity contribution < 1.29 is 4.74 Å². The summed E-state index contributed by atoms with van der Waals surface area (Å²) in [4.78, 5) is 4.60. The molecule has 82 valence electrons. The number of ether oxygens (including phenoxy) is 1. The first-order chi connectivity index (χ1) is 7.25. The Hall–Kier alpha value is -0.930. The second kappa shape index (κ2) is 4.73. The van der Waals surface area contributed by atoms with Crippen molar-refractivity contribution in [2.75, 3.05) is 13.2 Å². The molecule has 0 radical (unpaired) electrons. The summed E-state index contributed by atoms with van der Waals surface area (Å²) in [5.41, 5.74) is 2.28. The van der Waals surface area contributed by atoms with Crippen molar-refractivity contribution in [3.8, 4) is 0 Å². The fraction of sp³-hybridized carbons (Fsp3) is 0.583. The maximum Gasteiger partial charge on any atom is 0.0643 e. The highest BCUT2D eigenvalue weighted by molar-refractivity contribution is 5.13. The van der Waals surface area contributed by atoms with Gasteiger partial charge in [0.2, 0.25) is 0 Å². The molecule has 2 heterocycles. The lowest BCUT2D eigenvalue weighted by atomic mass is 10.1. The Morgan fingerprint density at radius 2 is 2.27 bits per heavy atom. The monoisotopic (exact) mass is 206 g/mol. The molecule has 1 aliphatic rings. The Balaban J connectivity index is 1.92. The van der Waals surface area contributed by atoms with Gasteiger partial charge in [0.25, 0.3) is 0 Å². The molecule has 1 N–H and O–H groups in total. The molecule has 0 aromatic carbocycles. The van der Waals surface area contributed by atoms with Gasteiger partial charge in [0.15, 0.2) is 0 Å². The Bertz CT molecular complexity index is 321. The van der Waals surface area contributed by atoms with Crippen molar-refractivity contribution in [3.05, 3.63) is 29.6 Å². The summed E-state index contributed by atoms with van der Waals surface area (Å²) in [5, 5.41) is 3.41. The van der Waals surface area contributed by atoms with E-state index >= 15 is 0 Å². The van der Waals surface area contributed by atoms with E-state index in [4.69, 9.17) is 4.74 Å². The molecule has 3 nitrogen and oxygen atoms in total. The largest absolute Gasteiger partial charge is 0.378 e. The van der Waals surface area contributed by atoms with Crippen LogP contribution in [0.2, 0.25) is 0 Å². The summed E-state index contributed by atoms with van der Waals surface area (Å²) in [7, 11) is 0. The van der Waals surface area contributed by atoms with Gasteiger partial charge in [0.1, 0.15) is 0 Å². The third-order valence-electron chi connectivity index (χ3n) is 2.63. The predicted octanol–water partition coefficient (Wildman–Crippen LogP) is 1.69. The SMILES string of the molecule is CC(C)c1cccc(CNC2COC2)n1. The average molecular weight is 206 g/mol. The van der Waals surface area contributed by atoms with E-state index in [9.17, 15) is 0 Å². The van der Waals surface area contributed by atoms with Crippen molar-refractivity contribution in [2.24, 2.45) is 0 Å². The van der Waals surface area contributed by atoms with Crippen LogP contribution < -0.4 is 5.32 Å². The molecule has 2 rings (SSSR count). The summed E-state index contributed by atoms with van der Waals surface area (Å²) < 4.78 is 5.10. The van der Waals surface area contributed by atoms with E-state index in [1.807, 2.05) is 0 Å². The van der Waals surface area contributed by atoms with E-state index in [-0.39, 0.29) is 0 Å². The zero-order valence-corrected chi connectivity index (χ0v) is 9.36. The number of pyridine rings is 1. The first-order valence-electron chi connectivity index (χ1n) is 5.52. The fourth-order valence-electron chi connectivity index (χ4n) is 1.52. The lowest BCUT2D eigenvalue weighted by molar-refractivity contribution is -0.00591. The normalized spacial score (nSPS) is 16.7. The van der Waals surface area contributed by atoms with Crippen LogP contribution in [0.25, 0.3) is 0 Å². The van der Waals surface area contributed by atoms with Crippen LogP contribution in [0.5, 0.6) is 0 Å². The van der Waals surface area contributed by atoms with Crippen molar-refractivity contribution in [3.63, 3.8) is 0 Å². The summed E-state index contributed by atoms with van der Waals surface area (Å²) in [6.07, 6.45) is 0. The Morgan fingerprint density at radius 3 is 2.87 bits per heavy atom. The Labute approximate surface area is 90.9 Å². The minimum Gasteiger partial charge on any atom is -0.378 e. The number of nitrogens with zero attached hydrogens (tertiary/aromatic N) is 1. The van der Waals surface area contributed by atoms with E-state index in [1.54, 1.807) is 0 Å². The van der Waals surface area contributed by atoms with Crippen LogP contribution in [-0.4, -0.2) is 24.2 Å². The second-order valence-corrected chi connectivity index (χ2v) is 4.32. The third-order valence-corrected chi connectivity index (χ3v) is 2.63. The van der Waals surface area contributed by atoms with Crippen LogP contribution >= 0.6 is 0 Å². The van der Waals surface area contributed by atoms with Crippen molar-refractivity contribution in [1.82, 2.24) is 10.3 Å². The summed E-state index contributed by atoms with van der Waals surface area (Å²) >= 11 is 0. The van der Waals surface area contributed by atoms with E-state index < -0.39 is 0 Å². The van der Waals surface area contributed by atoms with Crippen LogP contribution in [0.1, 0.15) is 31.2 Å². The molecule has 0 saturated carbocycles. The molecule has 15 heavy (non-hydrogen) atoms. The summed E-state index contributed by atoms with van der Waals surface area (Å²) in [6, 6.07) is 6.75. The average Bonchev–Trinajstić information content (AvgIpc) is 2.16. The van der Waals surface area contributed by atoms with Crippen LogP contribution in [0, 0.1) is 0 Å². The van der Waals surface area contributed by atoms with Gasteiger partial charge in [0, 0.05) is 12.2 Å². The smallest absolute Gasteiger partial charge is 0.0643 e. The molecule has 1 fully saturated rings. The molecule has 0 spiro atoms. The molecule has 0 unspecified atom stereocenters. The molecule has 1 aliphatic heterocycles. The van der Waals surface area contributed by atoms with E-state index in [2.05, 4.69) is 42.3 Å². The lowest BCUT2D eigenvalue weighted by Crippen LogP contribution is -2.45. The van der Waals surface area contributed by atoms with Gasteiger partial charge in [-0.15, -0.1) is 0 Å². The van der Waals surface area contributed by atoms with E-state index in [0.29, 0.717) is 12.0 Å². The maximum absolute atomic E-state index is 5.10. The number of nitrogens with one attached hydrogen (secondary N) is 1. The molecule has 3 heteroatoms. The van der Waals surface area contributed by atoms with Crippen molar-refractivity contribution in [1.29, 1.82) is 0 Å². The zero-order chi connectivity index (χ0) is 10.7. The van der Waals surface area contributed by atoms with Crippen LogP contribution in [0.15, 0.2) is 18.2 Å². The first-order valence-corrected chi connectivity index (χ1v) is 5.52. The number of hydrogen-bond donors (Lipinski definition) is 1. The zero-order valence-electron chi connectivity index (χ0n) is 9.36. The molecule has 0 amide bonds. The molecular weight excluding hydrogens is 188 g/mol. The Kier molecular flexibility index (Phi) is 3.34. The quantitative estimate of drug-likeness (QED) is 0.814. The predicted molar refractivity (Wildman–Crippen MR) is 59.8 cm³/mol. The number of aromatic nitrogens is 1. The van der Waals surface area contributed by atoms with Gasteiger partial charge in [-0.05, 0) is 18.1 Å². The topological polar surface area (TPSA) is 34.1 Å². The van der Waals surface area contributed by atoms with Crippen LogP contribution in [-0.2, 0) is 11.3 Å². The van der Waals surface area contributed by atoms with E-state index in [0.717, 1.165) is 25.5 Å². The Morgan fingerprint density at radius 1 is 1.47 bits per heavy atom. The molecule has 0 atom stereocenters. The molecule has 1 aromatic heterocycles. The minimum absolute atomic E-state index is 0.497.